The van der Waals surface area contributed by atoms with Gasteiger partial charge in [-0.25, -0.2) is 0 Å². The van der Waals surface area contributed by atoms with Crippen molar-refractivity contribution in [1.82, 2.24) is 0 Å². The van der Waals surface area contributed by atoms with Gasteiger partial charge in [0.15, 0.2) is 0 Å². The van der Waals surface area contributed by atoms with E-state index in [9.17, 15) is 9.59 Å². The van der Waals surface area contributed by atoms with E-state index in [-0.39, 0.29) is 11.8 Å². The molecule has 5 nitrogen and oxygen atoms in total. The topological polar surface area (TPSA) is 75.4 Å². The predicted octanol–water partition coefficient (Wildman–Crippen LogP) is 4.89. The molecule has 0 heterocycles. The van der Waals surface area contributed by atoms with Crippen molar-refractivity contribution in [2.24, 2.45) is 0 Å². The first kappa shape index (κ1) is 20.9. The van der Waals surface area contributed by atoms with E-state index >= 15 is 0 Å². The molecule has 0 fully saturated rings. The van der Waals surface area contributed by atoms with Crippen LogP contribution in [-0.4, -0.2) is 18.4 Å². The Kier molecular flexibility index (Phi) is 7.39. The Morgan fingerprint density at radius 1 is 0.867 bits per heavy atom. The van der Waals surface area contributed by atoms with E-state index in [0.29, 0.717) is 29.9 Å². The number of anilines is 3. The van der Waals surface area contributed by atoms with Gasteiger partial charge in [0.1, 0.15) is 0 Å². The van der Waals surface area contributed by atoms with Crippen LogP contribution in [0.1, 0.15) is 23.2 Å². The summed E-state index contributed by atoms with van der Waals surface area (Å²) in [5.74, 6) is -0.267. The van der Waals surface area contributed by atoms with Gasteiger partial charge >= 0.3 is 0 Å². The number of nitrogen functional groups attached to an aromatic ring is 1. The lowest BCUT2D eigenvalue weighted by atomic mass is 10.1. The normalized spacial score (nSPS) is 10.7. The molecule has 3 aromatic rings. The molecule has 0 saturated carbocycles. The number of amides is 2. The molecule has 3 aromatic carbocycles. The maximum Gasteiger partial charge on any atom is 0.258 e. The van der Waals surface area contributed by atoms with Crippen LogP contribution in [-0.2, 0) is 4.79 Å². The highest BCUT2D eigenvalue weighted by Crippen LogP contribution is 2.18. The highest BCUT2D eigenvalue weighted by atomic mass is 16.2. The first-order valence-electron chi connectivity index (χ1n) is 9.89. The number of benzene rings is 3. The number of unbranched alkanes of at least 4 members (excludes halogenated alkanes) is 1. The molecule has 0 aliphatic rings. The lowest BCUT2D eigenvalue weighted by molar-refractivity contribution is -0.111. The summed E-state index contributed by atoms with van der Waals surface area (Å²) in [5.41, 5.74) is 8.46. The standard InChI is InChI=1S/C25H25N3O2/c26-22-16-9-10-17-23(22)27-24(29)18-8-3-11-19-28(21-14-6-2-7-15-21)25(30)20-12-4-1-5-13-20/h1-2,4-10,12-18H,3,11,19,26H2,(H,27,29)/b18-8+. The first-order valence-corrected chi connectivity index (χ1v) is 9.89. The zero-order chi connectivity index (χ0) is 21.2. The van der Waals surface area contributed by atoms with Crippen LogP contribution in [0.4, 0.5) is 17.1 Å². The second kappa shape index (κ2) is 10.6. The molecular weight excluding hydrogens is 374 g/mol. The largest absolute Gasteiger partial charge is 0.397 e. The molecule has 0 aliphatic carbocycles. The van der Waals surface area contributed by atoms with Gasteiger partial charge < -0.3 is 16.0 Å². The van der Waals surface area contributed by atoms with Gasteiger partial charge in [-0.05, 0) is 55.3 Å². The van der Waals surface area contributed by atoms with Gasteiger partial charge in [-0.2, -0.15) is 0 Å². The average Bonchev–Trinajstić information content (AvgIpc) is 2.78. The van der Waals surface area contributed by atoms with Crippen molar-refractivity contribution in [3.63, 3.8) is 0 Å². The third-order valence-corrected chi connectivity index (χ3v) is 4.57. The molecule has 0 atom stereocenters. The molecule has 5 heteroatoms. The van der Waals surface area contributed by atoms with Gasteiger partial charge in [0.2, 0.25) is 5.91 Å². The minimum Gasteiger partial charge on any atom is -0.397 e. The summed E-state index contributed by atoms with van der Waals surface area (Å²) < 4.78 is 0. The average molecular weight is 399 g/mol. The van der Waals surface area contributed by atoms with Crippen LogP contribution in [0.2, 0.25) is 0 Å². The number of nitrogens with one attached hydrogen (secondary N) is 1. The zero-order valence-corrected chi connectivity index (χ0v) is 16.7. The smallest absolute Gasteiger partial charge is 0.258 e. The van der Waals surface area contributed by atoms with Crippen molar-refractivity contribution in [2.75, 3.05) is 22.5 Å². The Morgan fingerprint density at radius 3 is 2.20 bits per heavy atom. The molecule has 0 radical (unpaired) electrons. The fourth-order valence-corrected chi connectivity index (χ4v) is 3.04. The van der Waals surface area contributed by atoms with Crippen LogP contribution in [0.25, 0.3) is 0 Å². The lowest BCUT2D eigenvalue weighted by Gasteiger charge is -2.22. The van der Waals surface area contributed by atoms with Crippen molar-refractivity contribution < 1.29 is 9.59 Å². The Hall–Kier alpha value is -3.86. The maximum absolute atomic E-state index is 13.0. The molecule has 3 N–H and O–H groups in total. The molecule has 0 unspecified atom stereocenters. The summed E-state index contributed by atoms with van der Waals surface area (Å²) in [6, 6.07) is 26.0. The molecule has 0 bridgehead atoms. The van der Waals surface area contributed by atoms with Gasteiger partial charge in [0.05, 0.1) is 11.4 Å². The van der Waals surface area contributed by atoms with Crippen LogP contribution < -0.4 is 16.0 Å². The van der Waals surface area contributed by atoms with E-state index in [1.807, 2.05) is 78.9 Å². The second-order valence-corrected chi connectivity index (χ2v) is 6.78. The number of allylic oxidation sites excluding steroid dienone is 1. The molecule has 0 aliphatic heterocycles. The number of carbonyl (C=O) groups excluding carboxylic acids is 2. The molecule has 0 saturated heterocycles. The SMILES string of the molecule is Nc1ccccc1NC(=O)/C=C/CCCN(C(=O)c1ccccc1)c1ccccc1. The maximum atomic E-state index is 13.0. The van der Waals surface area contributed by atoms with Crippen molar-refractivity contribution >= 4 is 28.9 Å². The van der Waals surface area contributed by atoms with Crippen LogP contribution in [0.15, 0.2) is 97.1 Å². The highest BCUT2D eigenvalue weighted by molar-refractivity contribution is 6.06. The van der Waals surface area contributed by atoms with Crippen LogP contribution >= 0.6 is 0 Å². The molecule has 3 rings (SSSR count). The minimum absolute atomic E-state index is 0.0388. The fourth-order valence-electron chi connectivity index (χ4n) is 3.04. The van der Waals surface area contributed by atoms with Gasteiger partial charge in [-0.3, -0.25) is 9.59 Å². The van der Waals surface area contributed by atoms with E-state index in [2.05, 4.69) is 5.32 Å². The van der Waals surface area contributed by atoms with E-state index < -0.39 is 0 Å². The van der Waals surface area contributed by atoms with E-state index in [1.165, 1.54) is 6.08 Å². The Bertz CT molecular complexity index is 1000. The number of carbonyl (C=O) groups is 2. The van der Waals surface area contributed by atoms with Gasteiger partial charge in [-0.15, -0.1) is 0 Å². The molecule has 30 heavy (non-hydrogen) atoms. The fraction of sp³-hybridized carbons (Fsp3) is 0.120. The third kappa shape index (κ3) is 5.82. The second-order valence-electron chi connectivity index (χ2n) is 6.78. The van der Waals surface area contributed by atoms with E-state index in [0.717, 1.165) is 12.1 Å². The number of nitrogens with two attached hydrogens (primary N) is 1. The molecular formula is C25H25N3O2. The number of para-hydroxylation sites is 3. The molecule has 0 aromatic heterocycles. The molecule has 2 amide bonds. The Balaban J connectivity index is 1.57. The monoisotopic (exact) mass is 399 g/mol. The number of hydrogen-bond acceptors (Lipinski definition) is 3. The lowest BCUT2D eigenvalue weighted by Crippen LogP contribution is -2.31. The predicted molar refractivity (Wildman–Crippen MR) is 122 cm³/mol. The van der Waals surface area contributed by atoms with Gasteiger partial charge in [-0.1, -0.05) is 54.6 Å². The summed E-state index contributed by atoms with van der Waals surface area (Å²) >= 11 is 0. The number of rotatable bonds is 8. The molecule has 0 spiro atoms. The summed E-state index contributed by atoms with van der Waals surface area (Å²) in [6.07, 6.45) is 4.71. The summed E-state index contributed by atoms with van der Waals surface area (Å²) in [7, 11) is 0. The molecule has 152 valence electrons. The van der Waals surface area contributed by atoms with Crippen molar-refractivity contribution in [1.29, 1.82) is 0 Å². The van der Waals surface area contributed by atoms with Crippen LogP contribution in [0.3, 0.4) is 0 Å². The van der Waals surface area contributed by atoms with Crippen molar-refractivity contribution in [3.8, 4) is 0 Å². The van der Waals surface area contributed by atoms with Gasteiger partial charge in [0, 0.05) is 17.8 Å². The quantitative estimate of drug-likeness (QED) is 0.322. The van der Waals surface area contributed by atoms with Gasteiger partial charge in [0.25, 0.3) is 5.91 Å². The van der Waals surface area contributed by atoms with E-state index in [4.69, 9.17) is 5.73 Å². The summed E-state index contributed by atoms with van der Waals surface area (Å²) in [5, 5.41) is 2.76. The number of hydrogen-bond donors (Lipinski definition) is 2. The van der Waals surface area contributed by atoms with Crippen LogP contribution in [0, 0.1) is 0 Å². The minimum atomic E-state index is -0.229. The highest BCUT2D eigenvalue weighted by Gasteiger charge is 2.16. The number of nitrogens with zero attached hydrogens (tertiary/aromatic N) is 1. The van der Waals surface area contributed by atoms with Crippen LogP contribution in [0.5, 0.6) is 0 Å². The van der Waals surface area contributed by atoms with E-state index in [1.54, 1.807) is 17.0 Å². The Morgan fingerprint density at radius 2 is 1.50 bits per heavy atom. The van der Waals surface area contributed by atoms with Crippen molar-refractivity contribution in [3.05, 3.63) is 103 Å². The zero-order valence-electron chi connectivity index (χ0n) is 16.7. The Labute approximate surface area is 176 Å². The summed E-state index contributed by atoms with van der Waals surface area (Å²) in [4.78, 5) is 26.8. The first-order chi connectivity index (χ1) is 14.6. The summed E-state index contributed by atoms with van der Waals surface area (Å²) in [6.45, 7) is 0.551. The van der Waals surface area contributed by atoms with Crippen molar-refractivity contribution in [2.45, 2.75) is 12.8 Å². The third-order valence-electron chi connectivity index (χ3n) is 4.57.